The number of hydrogen-bond acceptors (Lipinski definition) is 3. The van der Waals surface area contributed by atoms with Gasteiger partial charge in [-0.05, 0) is 17.8 Å². The Morgan fingerprint density at radius 2 is 1.88 bits per heavy atom. The lowest BCUT2D eigenvalue weighted by molar-refractivity contribution is -0.123. The van der Waals surface area contributed by atoms with E-state index < -0.39 is 12.1 Å². The van der Waals surface area contributed by atoms with Crippen molar-refractivity contribution in [1.29, 1.82) is 0 Å². The van der Waals surface area contributed by atoms with Crippen molar-refractivity contribution >= 4 is 5.91 Å². The zero-order valence-electron chi connectivity index (χ0n) is 11.1. The van der Waals surface area contributed by atoms with Crippen LogP contribution in [0.4, 0.5) is 0 Å². The van der Waals surface area contributed by atoms with E-state index in [1.165, 1.54) is 0 Å². The lowest BCUT2D eigenvalue weighted by atomic mass is 9.89. The van der Waals surface area contributed by atoms with Gasteiger partial charge in [0.15, 0.2) is 0 Å². The summed E-state index contributed by atoms with van der Waals surface area (Å²) in [6, 6.07) is -0.498. The summed E-state index contributed by atoms with van der Waals surface area (Å²) in [6.45, 7) is 10.2. The first-order valence-electron chi connectivity index (χ1n) is 5.85. The molecular weight excluding hydrogens is 204 g/mol. The minimum absolute atomic E-state index is 0.0598. The Kier molecular flexibility index (Phi) is 5.97. The Hall–Kier alpha value is -0.610. The molecule has 4 heteroatoms. The predicted molar refractivity (Wildman–Crippen MR) is 65.9 cm³/mol. The molecule has 4 nitrogen and oxygen atoms in total. The minimum Gasteiger partial charge on any atom is -0.391 e. The molecule has 0 saturated heterocycles. The van der Waals surface area contributed by atoms with Crippen LogP contribution >= 0.6 is 0 Å². The second-order valence-corrected chi connectivity index (χ2v) is 5.93. The fourth-order valence-electron chi connectivity index (χ4n) is 1.42. The smallest absolute Gasteiger partial charge is 0.237 e. The van der Waals surface area contributed by atoms with Crippen molar-refractivity contribution in [3.63, 3.8) is 0 Å². The van der Waals surface area contributed by atoms with Crippen LogP contribution in [-0.4, -0.2) is 29.7 Å². The van der Waals surface area contributed by atoms with Gasteiger partial charge in [0.1, 0.15) is 0 Å². The molecule has 0 aliphatic rings. The zero-order valence-corrected chi connectivity index (χ0v) is 11.1. The second-order valence-electron chi connectivity index (χ2n) is 5.93. The Morgan fingerprint density at radius 1 is 1.38 bits per heavy atom. The summed E-state index contributed by atoms with van der Waals surface area (Å²) in [6.07, 6.45) is 0.146. The summed E-state index contributed by atoms with van der Waals surface area (Å²) in [5, 5.41) is 12.4. The topological polar surface area (TPSA) is 75.4 Å². The van der Waals surface area contributed by atoms with Gasteiger partial charge in [-0.2, -0.15) is 0 Å². The van der Waals surface area contributed by atoms with Gasteiger partial charge in [-0.3, -0.25) is 4.79 Å². The molecule has 0 aromatic rings. The maximum absolute atomic E-state index is 11.5. The van der Waals surface area contributed by atoms with Crippen molar-refractivity contribution in [2.24, 2.45) is 17.1 Å². The van der Waals surface area contributed by atoms with Crippen molar-refractivity contribution < 1.29 is 9.90 Å². The standard InChI is InChI=1S/C12H26N2O2/c1-8(2)10(13)11(16)14-7-9(15)6-12(3,4)5/h8-10,15H,6-7,13H2,1-5H3,(H,14,16)/t9?,10-/m0/s1. The lowest BCUT2D eigenvalue weighted by Gasteiger charge is -2.23. The van der Waals surface area contributed by atoms with Crippen molar-refractivity contribution in [2.75, 3.05) is 6.54 Å². The average molecular weight is 230 g/mol. The third-order valence-electron chi connectivity index (χ3n) is 2.38. The summed E-state index contributed by atoms with van der Waals surface area (Å²) in [5.41, 5.74) is 5.74. The third-order valence-corrected chi connectivity index (χ3v) is 2.38. The van der Waals surface area contributed by atoms with E-state index in [1.807, 2.05) is 13.8 Å². The molecular formula is C12H26N2O2. The number of amides is 1. The number of aliphatic hydroxyl groups excluding tert-OH is 1. The van der Waals surface area contributed by atoms with Gasteiger partial charge in [0, 0.05) is 6.54 Å². The molecule has 96 valence electrons. The van der Waals surface area contributed by atoms with E-state index in [-0.39, 0.29) is 23.8 Å². The van der Waals surface area contributed by atoms with E-state index in [4.69, 9.17) is 5.73 Å². The molecule has 0 aromatic heterocycles. The van der Waals surface area contributed by atoms with Crippen LogP contribution in [0.3, 0.4) is 0 Å². The molecule has 2 atom stereocenters. The zero-order chi connectivity index (χ0) is 12.9. The number of hydrogen-bond donors (Lipinski definition) is 3. The van der Waals surface area contributed by atoms with Crippen LogP contribution in [0.5, 0.6) is 0 Å². The lowest BCUT2D eigenvalue weighted by Crippen LogP contribution is -2.46. The van der Waals surface area contributed by atoms with Gasteiger partial charge >= 0.3 is 0 Å². The highest BCUT2D eigenvalue weighted by molar-refractivity contribution is 5.81. The largest absolute Gasteiger partial charge is 0.391 e. The first-order valence-corrected chi connectivity index (χ1v) is 5.85. The summed E-state index contributed by atoms with van der Waals surface area (Å²) in [5.74, 6) is -0.0808. The Balaban J connectivity index is 3.93. The molecule has 0 bridgehead atoms. The maximum Gasteiger partial charge on any atom is 0.237 e. The summed E-state index contributed by atoms with van der Waals surface area (Å²) in [7, 11) is 0. The highest BCUT2D eigenvalue weighted by Gasteiger charge is 2.20. The van der Waals surface area contributed by atoms with E-state index >= 15 is 0 Å². The van der Waals surface area contributed by atoms with Crippen LogP contribution in [0, 0.1) is 11.3 Å². The summed E-state index contributed by atoms with van der Waals surface area (Å²) < 4.78 is 0. The van der Waals surface area contributed by atoms with E-state index in [2.05, 4.69) is 26.1 Å². The van der Waals surface area contributed by atoms with Gasteiger partial charge in [-0.25, -0.2) is 0 Å². The highest BCUT2D eigenvalue weighted by Crippen LogP contribution is 2.20. The number of nitrogens with two attached hydrogens (primary N) is 1. The molecule has 0 aliphatic carbocycles. The van der Waals surface area contributed by atoms with E-state index in [0.717, 1.165) is 0 Å². The molecule has 0 fully saturated rings. The number of nitrogens with one attached hydrogen (secondary N) is 1. The Morgan fingerprint density at radius 3 is 2.25 bits per heavy atom. The van der Waals surface area contributed by atoms with Crippen LogP contribution in [0.1, 0.15) is 41.0 Å². The molecule has 0 heterocycles. The first-order chi connectivity index (χ1) is 7.13. The maximum atomic E-state index is 11.5. The van der Waals surface area contributed by atoms with Gasteiger partial charge in [0.2, 0.25) is 5.91 Å². The van der Waals surface area contributed by atoms with Crippen LogP contribution in [-0.2, 0) is 4.79 Å². The van der Waals surface area contributed by atoms with E-state index in [1.54, 1.807) is 0 Å². The first kappa shape index (κ1) is 15.4. The minimum atomic E-state index is -0.511. The number of aliphatic hydroxyl groups is 1. The van der Waals surface area contributed by atoms with Gasteiger partial charge in [-0.15, -0.1) is 0 Å². The van der Waals surface area contributed by atoms with E-state index in [9.17, 15) is 9.90 Å². The molecule has 0 aromatic carbocycles. The molecule has 0 radical (unpaired) electrons. The van der Waals surface area contributed by atoms with Crippen LogP contribution < -0.4 is 11.1 Å². The quantitative estimate of drug-likeness (QED) is 0.656. The summed E-state index contributed by atoms with van der Waals surface area (Å²) >= 11 is 0. The Bertz CT molecular complexity index is 222. The molecule has 0 rings (SSSR count). The molecule has 0 spiro atoms. The number of carbonyl (C=O) groups excluding carboxylic acids is 1. The second kappa shape index (κ2) is 6.21. The molecule has 4 N–H and O–H groups in total. The molecule has 16 heavy (non-hydrogen) atoms. The third kappa shape index (κ3) is 6.80. The average Bonchev–Trinajstić information content (AvgIpc) is 2.09. The fourth-order valence-corrected chi connectivity index (χ4v) is 1.42. The van der Waals surface area contributed by atoms with Gasteiger partial charge in [-0.1, -0.05) is 34.6 Å². The SMILES string of the molecule is CC(C)[C@H](N)C(=O)NCC(O)CC(C)(C)C. The van der Waals surface area contributed by atoms with Crippen molar-refractivity contribution in [3.8, 4) is 0 Å². The molecule has 0 aliphatic heterocycles. The number of carbonyl (C=O) groups is 1. The monoisotopic (exact) mass is 230 g/mol. The van der Waals surface area contributed by atoms with Gasteiger partial charge in [0.25, 0.3) is 0 Å². The van der Waals surface area contributed by atoms with Crippen molar-refractivity contribution in [1.82, 2.24) is 5.32 Å². The highest BCUT2D eigenvalue weighted by atomic mass is 16.3. The predicted octanol–water partition coefficient (Wildman–Crippen LogP) is 0.883. The van der Waals surface area contributed by atoms with Crippen LogP contribution in [0.25, 0.3) is 0 Å². The van der Waals surface area contributed by atoms with Crippen LogP contribution in [0.2, 0.25) is 0 Å². The van der Waals surface area contributed by atoms with Gasteiger partial charge < -0.3 is 16.2 Å². The van der Waals surface area contributed by atoms with Gasteiger partial charge in [0.05, 0.1) is 12.1 Å². The fraction of sp³-hybridized carbons (Fsp3) is 0.917. The normalized spacial score (nSPS) is 16.0. The summed E-state index contributed by atoms with van der Waals surface area (Å²) in [4.78, 5) is 11.5. The van der Waals surface area contributed by atoms with E-state index in [0.29, 0.717) is 6.42 Å². The Labute approximate surface area is 98.6 Å². The molecule has 1 unspecified atom stereocenters. The molecule has 0 saturated carbocycles. The number of rotatable bonds is 5. The molecule has 1 amide bonds. The van der Waals surface area contributed by atoms with Crippen molar-refractivity contribution in [3.05, 3.63) is 0 Å². The van der Waals surface area contributed by atoms with Crippen molar-refractivity contribution in [2.45, 2.75) is 53.2 Å². The van der Waals surface area contributed by atoms with Crippen LogP contribution in [0.15, 0.2) is 0 Å².